The summed E-state index contributed by atoms with van der Waals surface area (Å²) in [7, 11) is 0. The van der Waals surface area contributed by atoms with E-state index < -0.39 is 5.82 Å². The van der Waals surface area contributed by atoms with Gasteiger partial charge in [0.1, 0.15) is 0 Å². The summed E-state index contributed by atoms with van der Waals surface area (Å²) in [6, 6.07) is 0.365. The first-order chi connectivity index (χ1) is 13.8. The van der Waals surface area contributed by atoms with Crippen molar-refractivity contribution in [3.63, 3.8) is 0 Å². The van der Waals surface area contributed by atoms with E-state index in [-0.39, 0.29) is 35.0 Å². The summed E-state index contributed by atoms with van der Waals surface area (Å²) in [5, 5.41) is 10.4. The molecular weight excluding hydrogens is 399 g/mol. The van der Waals surface area contributed by atoms with Crippen molar-refractivity contribution in [2.45, 2.75) is 58.5 Å². The summed E-state index contributed by atoms with van der Waals surface area (Å²) in [6.07, 6.45) is 6.42. The molecule has 2 N–H and O–H groups in total. The molecule has 3 rings (SSSR count). The molecule has 0 unspecified atom stereocenters. The van der Waals surface area contributed by atoms with Crippen LogP contribution in [0.3, 0.4) is 0 Å². The van der Waals surface area contributed by atoms with Crippen LogP contribution in [0.1, 0.15) is 52.5 Å². The van der Waals surface area contributed by atoms with E-state index in [1.165, 1.54) is 6.92 Å². The summed E-state index contributed by atoms with van der Waals surface area (Å²) < 4.78 is 21.4. The Morgan fingerprint density at radius 3 is 2.72 bits per heavy atom. The summed E-state index contributed by atoms with van der Waals surface area (Å²) in [5.74, 6) is -0.248. The average molecular weight is 425 g/mol. The molecule has 2 heterocycles. The Bertz CT molecular complexity index is 851. The number of carbonyl (C=O) groups excluding carboxylic acids is 1. The van der Waals surface area contributed by atoms with E-state index in [9.17, 15) is 9.18 Å². The molecule has 1 amide bonds. The van der Waals surface area contributed by atoms with Gasteiger partial charge in [-0.2, -0.15) is 14.5 Å². The van der Waals surface area contributed by atoms with E-state index in [1.807, 2.05) is 13.8 Å². The molecule has 0 radical (unpaired) electrons. The average Bonchev–Trinajstić information content (AvgIpc) is 3.04. The SMILES string of the molecule is CC(=O)NC1CCC(COc2nc(Nc3cn(C(C)C)nc3Cl)ncc2F)CC1. The molecule has 10 heteroatoms. The predicted molar refractivity (Wildman–Crippen MR) is 108 cm³/mol. The van der Waals surface area contributed by atoms with Gasteiger partial charge in [-0.05, 0) is 45.4 Å². The van der Waals surface area contributed by atoms with Crippen molar-refractivity contribution >= 4 is 29.1 Å². The fourth-order valence-electron chi connectivity index (χ4n) is 3.31. The van der Waals surface area contributed by atoms with Gasteiger partial charge >= 0.3 is 0 Å². The van der Waals surface area contributed by atoms with Crippen molar-refractivity contribution in [2.75, 3.05) is 11.9 Å². The summed E-state index contributed by atoms with van der Waals surface area (Å²) in [4.78, 5) is 19.2. The van der Waals surface area contributed by atoms with E-state index in [0.717, 1.165) is 31.9 Å². The van der Waals surface area contributed by atoms with E-state index in [4.69, 9.17) is 16.3 Å². The van der Waals surface area contributed by atoms with Crippen molar-refractivity contribution in [2.24, 2.45) is 5.92 Å². The van der Waals surface area contributed by atoms with E-state index >= 15 is 0 Å². The molecule has 2 aromatic rings. The lowest BCUT2D eigenvalue weighted by Crippen LogP contribution is -2.37. The number of halogens is 2. The Labute approximate surface area is 174 Å². The van der Waals surface area contributed by atoms with Gasteiger partial charge in [0, 0.05) is 19.0 Å². The molecule has 2 aromatic heterocycles. The Hall–Kier alpha value is -2.42. The van der Waals surface area contributed by atoms with Crippen molar-refractivity contribution in [3.05, 3.63) is 23.4 Å². The quantitative estimate of drug-likeness (QED) is 0.700. The van der Waals surface area contributed by atoms with Gasteiger partial charge in [-0.3, -0.25) is 9.48 Å². The monoisotopic (exact) mass is 424 g/mol. The zero-order chi connectivity index (χ0) is 21.0. The lowest BCUT2D eigenvalue weighted by atomic mass is 9.86. The lowest BCUT2D eigenvalue weighted by Gasteiger charge is -2.28. The Kier molecular flexibility index (Phi) is 6.89. The van der Waals surface area contributed by atoms with Crippen LogP contribution < -0.4 is 15.4 Å². The molecule has 158 valence electrons. The molecular formula is C19H26ClFN6O2. The summed E-state index contributed by atoms with van der Waals surface area (Å²) >= 11 is 6.13. The van der Waals surface area contributed by atoms with Crippen LogP contribution in [0, 0.1) is 11.7 Å². The van der Waals surface area contributed by atoms with Crippen LogP contribution in [0.15, 0.2) is 12.4 Å². The highest BCUT2D eigenvalue weighted by Crippen LogP contribution is 2.27. The summed E-state index contributed by atoms with van der Waals surface area (Å²) in [5.41, 5.74) is 0.536. The summed E-state index contributed by atoms with van der Waals surface area (Å²) in [6.45, 7) is 5.86. The minimum atomic E-state index is -0.619. The van der Waals surface area contributed by atoms with Gasteiger partial charge in [0.15, 0.2) is 5.15 Å². The first-order valence-corrected chi connectivity index (χ1v) is 10.1. The molecule has 0 spiro atoms. The molecule has 1 aliphatic carbocycles. The molecule has 0 aromatic carbocycles. The zero-order valence-corrected chi connectivity index (χ0v) is 17.5. The number of hydrogen-bond donors (Lipinski definition) is 2. The molecule has 0 saturated heterocycles. The van der Waals surface area contributed by atoms with Gasteiger partial charge < -0.3 is 15.4 Å². The number of nitrogens with one attached hydrogen (secondary N) is 2. The van der Waals surface area contributed by atoms with Gasteiger partial charge in [0.25, 0.3) is 5.88 Å². The van der Waals surface area contributed by atoms with Crippen molar-refractivity contribution in [1.29, 1.82) is 0 Å². The highest BCUT2D eigenvalue weighted by Gasteiger charge is 2.23. The van der Waals surface area contributed by atoms with Gasteiger partial charge in [-0.15, -0.1) is 0 Å². The van der Waals surface area contributed by atoms with E-state index in [1.54, 1.807) is 10.9 Å². The molecule has 0 atom stereocenters. The van der Waals surface area contributed by atoms with Crippen LogP contribution in [0.5, 0.6) is 5.88 Å². The van der Waals surface area contributed by atoms with Gasteiger partial charge in [0.05, 0.1) is 24.7 Å². The number of hydrogen-bond acceptors (Lipinski definition) is 6. The van der Waals surface area contributed by atoms with Crippen LogP contribution in [-0.4, -0.2) is 38.3 Å². The van der Waals surface area contributed by atoms with E-state index in [0.29, 0.717) is 18.2 Å². The standard InChI is InChI=1S/C19H26ClFN6O2/c1-11(2)27-9-16(17(20)26-27)24-19-22-8-15(21)18(25-19)29-10-13-4-6-14(7-5-13)23-12(3)28/h8-9,11,13-14H,4-7,10H2,1-3H3,(H,23,28)(H,22,24,25). The first-order valence-electron chi connectivity index (χ1n) is 9.76. The van der Waals surface area contributed by atoms with Crippen molar-refractivity contribution < 1.29 is 13.9 Å². The highest BCUT2D eigenvalue weighted by atomic mass is 35.5. The lowest BCUT2D eigenvalue weighted by molar-refractivity contribution is -0.119. The largest absolute Gasteiger partial charge is 0.475 e. The number of rotatable bonds is 7. The van der Waals surface area contributed by atoms with Crippen LogP contribution in [0.25, 0.3) is 0 Å². The number of ether oxygens (including phenoxy) is 1. The molecule has 29 heavy (non-hydrogen) atoms. The Morgan fingerprint density at radius 2 is 2.10 bits per heavy atom. The topological polar surface area (TPSA) is 94.0 Å². The smallest absolute Gasteiger partial charge is 0.255 e. The number of nitrogens with zero attached hydrogens (tertiary/aromatic N) is 4. The Morgan fingerprint density at radius 1 is 1.38 bits per heavy atom. The van der Waals surface area contributed by atoms with Crippen LogP contribution in [0.4, 0.5) is 16.0 Å². The minimum Gasteiger partial charge on any atom is -0.475 e. The maximum absolute atomic E-state index is 14.1. The van der Waals surface area contributed by atoms with Crippen LogP contribution >= 0.6 is 11.6 Å². The second kappa shape index (κ2) is 9.39. The number of anilines is 2. The van der Waals surface area contributed by atoms with Crippen LogP contribution in [-0.2, 0) is 4.79 Å². The third kappa shape index (κ3) is 5.79. The Balaban J connectivity index is 1.58. The number of amides is 1. The molecule has 1 saturated carbocycles. The van der Waals surface area contributed by atoms with Gasteiger partial charge in [-0.1, -0.05) is 11.6 Å². The predicted octanol–water partition coefficient (Wildman–Crippen LogP) is 3.86. The second-order valence-electron chi connectivity index (χ2n) is 7.61. The molecule has 1 fully saturated rings. The maximum Gasteiger partial charge on any atom is 0.255 e. The van der Waals surface area contributed by atoms with Crippen molar-refractivity contribution in [1.82, 2.24) is 25.1 Å². The first kappa shape index (κ1) is 21.3. The second-order valence-corrected chi connectivity index (χ2v) is 7.97. The number of aromatic nitrogens is 4. The fraction of sp³-hybridized carbons (Fsp3) is 0.579. The zero-order valence-electron chi connectivity index (χ0n) is 16.8. The molecule has 1 aliphatic rings. The fourth-order valence-corrected chi connectivity index (χ4v) is 3.49. The van der Waals surface area contributed by atoms with Crippen LogP contribution in [0.2, 0.25) is 5.15 Å². The van der Waals surface area contributed by atoms with Gasteiger partial charge in [0.2, 0.25) is 17.7 Å². The molecule has 0 bridgehead atoms. The molecule has 8 nitrogen and oxygen atoms in total. The third-order valence-corrected chi connectivity index (χ3v) is 5.16. The third-order valence-electron chi connectivity index (χ3n) is 4.88. The minimum absolute atomic E-state index is 0.00757. The van der Waals surface area contributed by atoms with Crippen molar-refractivity contribution in [3.8, 4) is 5.88 Å². The number of carbonyl (C=O) groups is 1. The highest BCUT2D eigenvalue weighted by molar-refractivity contribution is 6.32. The molecule has 0 aliphatic heterocycles. The van der Waals surface area contributed by atoms with Gasteiger partial charge in [-0.25, -0.2) is 4.98 Å². The normalized spacial score (nSPS) is 19.2. The van der Waals surface area contributed by atoms with E-state index in [2.05, 4.69) is 25.7 Å². The maximum atomic E-state index is 14.1.